The molecule has 34 heavy (non-hydrogen) atoms. The molecule has 0 spiro atoms. The van der Waals surface area contributed by atoms with Gasteiger partial charge in [0.15, 0.2) is 0 Å². The molecule has 7 rings (SSSR count). The lowest BCUT2D eigenvalue weighted by molar-refractivity contribution is 0.499. The molecule has 0 bridgehead atoms. The van der Waals surface area contributed by atoms with Crippen molar-refractivity contribution in [3.8, 4) is 0 Å². The van der Waals surface area contributed by atoms with E-state index < -0.39 is 22.5 Å². The average Bonchev–Trinajstić information content (AvgIpc) is 3.29. The Kier molecular flexibility index (Phi) is 3.38. The van der Waals surface area contributed by atoms with Crippen LogP contribution in [0.25, 0.3) is 65.2 Å². The lowest BCUT2D eigenvalue weighted by Crippen LogP contribution is -1.94. The molecule has 10 nitrogen and oxygen atoms in total. The number of rotatable bonds is 0. The predicted molar refractivity (Wildman–Crippen MR) is 123 cm³/mol. The molecule has 0 atom stereocenters. The molecule has 0 unspecified atom stereocenters. The van der Waals surface area contributed by atoms with Gasteiger partial charge in [0.05, 0.1) is 43.6 Å². The normalized spacial score (nSPS) is 12.0. The number of hydrogen-bond acceptors (Lipinski definition) is 10. The molecule has 7 aromatic rings. The van der Waals surface area contributed by atoms with E-state index in [0.717, 1.165) is 0 Å². The van der Waals surface area contributed by atoms with E-state index in [1.807, 2.05) is 0 Å². The van der Waals surface area contributed by atoms with Crippen LogP contribution in [0.3, 0.4) is 0 Å². The SMILES string of the molecule is O=c1oc(=O)c2cc3c(cc12)c1nccnc1c1cc2c(=O)oc(=O)c2cc1c1nccnc31. The first kappa shape index (κ1) is 18.5. The monoisotopic (exact) mass is 448 g/mol. The maximum Gasteiger partial charge on any atom is 0.346 e. The van der Waals surface area contributed by atoms with Gasteiger partial charge in [-0.25, -0.2) is 19.2 Å². The summed E-state index contributed by atoms with van der Waals surface area (Å²) in [5.41, 5.74) is -1.46. The molecule has 0 aliphatic carbocycles. The van der Waals surface area contributed by atoms with Crippen molar-refractivity contribution < 1.29 is 8.83 Å². The number of aromatic nitrogens is 4. The summed E-state index contributed by atoms with van der Waals surface area (Å²) in [6, 6.07) is 6.11. The van der Waals surface area contributed by atoms with E-state index in [2.05, 4.69) is 19.9 Å². The van der Waals surface area contributed by atoms with Crippen molar-refractivity contribution >= 4 is 65.2 Å². The van der Waals surface area contributed by atoms with Crippen molar-refractivity contribution in [1.29, 1.82) is 0 Å². The third kappa shape index (κ3) is 2.28. The summed E-state index contributed by atoms with van der Waals surface area (Å²) in [4.78, 5) is 67.1. The second kappa shape index (κ2) is 6.23. The van der Waals surface area contributed by atoms with Crippen molar-refractivity contribution in [3.63, 3.8) is 0 Å². The van der Waals surface area contributed by atoms with Crippen LogP contribution >= 0.6 is 0 Å². The third-order valence-electron chi connectivity index (χ3n) is 5.98. The quantitative estimate of drug-likeness (QED) is 0.338. The fraction of sp³-hybridized carbons (Fsp3) is 0. The van der Waals surface area contributed by atoms with Gasteiger partial charge >= 0.3 is 22.5 Å². The molecule has 0 aliphatic heterocycles. The molecular formula is C24H8N4O6. The molecule has 3 aromatic carbocycles. The molecule has 0 radical (unpaired) electrons. The van der Waals surface area contributed by atoms with Crippen LogP contribution in [0.4, 0.5) is 0 Å². The Balaban J connectivity index is 1.94. The first-order valence-corrected chi connectivity index (χ1v) is 10.0. The second-order valence-electron chi connectivity index (χ2n) is 7.75. The van der Waals surface area contributed by atoms with Crippen LogP contribution in [0, 0.1) is 0 Å². The Morgan fingerprint density at radius 1 is 0.382 bits per heavy atom. The van der Waals surface area contributed by atoms with Gasteiger partial charge in [-0.1, -0.05) is 0 Å². The zero-order chi connectivity index (χ0) is 23.1. The highest BCUT2D eigenvalue weighted by molar-refractivity contribution is 6.25. The fourth-order valence-electron chi connectivity index (χ4n) is 4.51. The highest BCUT2D eigenvalue weighted by atomic mass is 16.4. The van der Waals surface area contributed by atoms with Crippen molar-refractivity contribution in [1.82, 2.24) is 19.9 Å². The second-order valence-corrected chi connectivity index (χ2v) is 7.75. The van der Waals surface area contributed by atoms with E-state index in [4.69, 9.17) is 8.83 Å². The van der Waals surface area contributed by atoms with Gasteiger partial charge in [-0.15, -0.1) is 0 Å². The van der Waals surface area contributed by atoms with E-state index in [0.29, 0.717) is 43.6 Å². The van der Waals surface area contributed by atoms with Gasteiger partial charge in [0, 0.05) is 46.3 Å². The lowest BCUT2D eigenvalue weighted by atomic mass is 10.00. The molecule has 0 amide bonds. The molecule has 0 aliphatic rings. The van der Waals surface area contributed by atoms with Gasteiger partial charge in [0.1, 0.15) is 0 Å². The van der Waals surface area contributed by atoms with Gasteiger partial charge in [-0.05, 0) is 24.3 Å². The Labute approximate surface area is 185 Å². The summed E-state index contributed by atoms with van der Waals surface area (Å²) in [5.74, 6) is 0. The summed E-state index contributed by atoms with van der Waals surface area (Å²) in [7, 11) is 0. The minimum atomic E-state index is -0.755. The Morgan fingerprint density at radius 2 is 0.618 bits per heavy atom. The van der Waals surface area contributed by atoms with Crippen LogP contribution in [0.5, 0.6) is 0 Å². The molecule has 160 valence electrons. The molecule has 0 saturated carbocycles. The van der Waals surface area contributed by atoms with Crippen LogP contribution in [0.15, 0.2) is 77.1 Å². The number of benzene rings is 2. The maximum atomic E-state index is 12.3. The first-order chi connectivity index (χ1) is 16.5. The summed E-state index contributed by atoms with van der Waals surface area (Å²) in [6.45, 7) is 0. The Bertz CT molecular complexity index is 1960. The van der Waals surface area contributed by atoms with Crippen LogP contribution in [0.2, 0.25) is 0 Å². The Hall–Kier alpha value is -5.12. The smallest absolute Gasteiger partial charge is 0.346 e. The minimum Gasteiger partial charge on any atom is -0.386 e. The van der Waals surface area contributed by atoms with Crippen molar-refractivity contribution in [2.45, 2.75) is 0 Å². The van der Waals surface area contributed by atoms with E-state index in [-0.39, 0.29) is 21.5 Å². The minimum absolute atomic E-state index is 0.106. The predicted octanol–water partition coefficient (Wildman–Crippen LogP) is 2.25. The van der Waals surface area contributed by atoms with Crippen molar-refractivity contribution in [2.75, 3.05) is 0 Å². The van der Waals surface area contributed by atoms with Gasteiger partial charge in [-0.3, -0.25) is 19.9 Å². The molecule has 10 heteroatoms. The van der Waals surface area contributed by atoms with Gasteiger partial charge in [0.2, 0.25) is 0 Å². The molecule has 0 N–H and O–H groups in total. The standard InChI is InChI=1S/C24H8N4O6/c29-21-13-5-9-10(6-14(13)22(30)33-21)19-20(28-4-3-27-19)12-8-16-15(23(31)34-24(16)32)7-11(12)18-17(9)25-1-2-26-18/h1-8H. The van der Waals surface area contributed by atoms with Crippen molar-refractivity contribution in [3.05, 3.63) is 90.7 Å². The van der Waals surface area contributed by atoms with Crippen LogP contribution in [-0.4, -0.2) is 19.9 Å². The van der Waals surface area contributed by atoms with Gasteiger partial charge in [0.25, 0.3) is 0 Å². The summed E-state index contributed by atoms with van der Waals surface area (Å²) in [5, 5.41) is 2.37. The van der Waals surface area contributed by atoms with E-state index in [1.165, 1.54) is 49.1 Å². The number of fused-ring (bicyclic) bond motifs is 10. The van der Waals surface area contributed by atoms with E-state index >= 15 is 0 Å². The molecule has 4 aromatic heterocycles. The molecule has 4 heterocycles. The number of furan rings is 2. The van der Waals surface area contributed by atoms with Crippen molar-refractivity contribution in [2.24, 2.45) is 0 Å². The summed E-state index contributed by atoms with van der Waals surface area (Å²) >= 11 is 0. The van der Waals surface area contributed by atoms with Gasteiger partial charge in [-0.2, -0.15) is 0 Å². The fourth-order valence-corrected chi connectivity index (χ4v) is 4.51. The molecule has 0 saturated heterocycles. The topological polar surface area (TPSA) is 146 Å². The zero-order valence-electron chi connectivity index (χ0n) is 16.9. The Morgan fingerprint density at radius 3 is 0.853 bits per heavy atom. The molecule has 0 fully saturated rings. The zero-order valence-corrected chi connectivity index (χ0v) is 16.9. The maximum absolute atomic E-state index is 12.3. The molecular weight excluding hydrogens is 440 g/mol. The van der Waals surface area contributed by atoms with Crippen LogP contribution in [0.1, 0.15) is 0 Å². The lowest BCUT2D eigenvalue weighted by Gasteiger charge is -2.07. The number of nitrogens with zero attached hydrogens (tertiary/aromatic N) is 4. The van der Waals surface area contributed by atoms with Crippen LogP contribution in [-0.2, 0) is 0 Å². The largest absolute Gasteiger partial charge is 0.386 e. The number of hydrogen-bond donors (Lipinski definition) is 0. The highest BCUT2D eigenvalue weighted by Gasteiger charge is 2.18. The average molecular weight is 448 g/mol. The van der Waals surface area contributed by atoms with E-state index in [1.54, 1.807) is 0 Å². The van der Waals surface area contributed by atoms with Crippen LogP contribution < -0.4 is 22.5 Å². The van der Waals surface area contributed by atoms with E-state index in [9.17, 15) is 19.2 Å². The third-order valence-corrected chi connectivity index (χ3v) is 5.98. The summed E-state index contributed by atoms with van der Waals surface area (Å²) < 4.78 is 9.58. The first-order valence-electron chi connectivity index (χ1n) is 10.0. The highest BCUT2D eigenvalue weighted by Crippen LogP contribution is 2.34. The van der Waals surface area contributed by atoms with Gasteiger partial charge < -0.3 is 8.83 Å². The summed E-state index contributed by atoms with van der Waals surface area (Å²) in [6.07, 6.45) is 5.96.